The lowest BCUT2D eigenvalue weighted by Crippen LogP contribution is -2.37. The summed E-state index contributed by atoms with van der Waals surface area (Å²) in [6.45, 7) is 21.0. The fourth-order valence-electron chi connectivity index (χ4n) is 5.46. The summed E-state index contributed by atoms with van der Waals surface area (Å²) in [7, 11) is 0. The Labute approximate surface area is 194 Å². The first-order valence-corrected chi connectivity index (χ1v) is 13.3. The van der Waals surface area contributed by atoms with Crippen LogP contribution in [0.1, 0.15) is 127 Å². The number of fused-ring (bicyclic) bond motifs is 1. The van der Waals surface area contributed by atoms with Crippen molar-refractivity contribution in [2.24, 2.45) is 17.8 Å². The molecule has 2 rings (SSSR count). The molecular weight excluding hydrogens is 376 g/mol. The molecule has 0 bridgehead atoms. The predicted octanol–water partition coefficient (Wildman–Crippen LogP) is 9.44. The van der Waals surface area contributed by atoms with Gasteiger partial charge in [-0.2, -0.15) is 0 Å². The molecule has 3 atom stereocenters. The molecule has 1 aromatic rings. The van der Waals surface area contributed by atoms with Crippen LogP contribution in [-0.2, 0) is 6.42 Å². The zero-order chi connectivity index (χ0) is 23.2. The summed E-state index contributed by atoms with van der Waals surface area (Å²) in [6, 6.07) is 0. The van der Waals surface area contributed by atoms with Crippen LogP contribution in [0.2, 0.25) is 0 Å². The summed E-state index contributed by atoms with van der Waals surface area (Å²) in [5.41, 5.74) is 7.15. The minimum atomic E-state index is 0.0105. The Bertz CT molecular complexity index is 701. The first-order valence-electron chi connectivity index (χ1n) is 13.3. The second kappa shape index (κ2) is 11.8. The SMILES string of the molecule is Cc1c(C)c(C)c2c(c1C)CC[C@](C)(CCC[C@@H](C)CCC[C@@H](C)CCCC(C)C)O2. The Morgan fingerprint density at radius 1 is 0.710 bits per heavy atom. The molecular formula is C30H52O. The van der Waals surface area contributed by atoms with Crippen LogP contribution in [0.3, 0.4) is 0 Å². The molecule has 31 heavy (non-hydrogen) atoms. The van der Waals surface area contributed by atoms with Crippen LogP contribution in [0.15, 0.2) is 0 Å². The van der Waals surface area contributed by atoms with Crippen LogP contribution in [-0.4, -0.2) is 5.60 Å². The van der Waals surface area contributed by atoms with Crippen molar-refractivity contribution < 1.29 is 4.74 Å². The second-order valence-electron chi connectivity index (χ2n) is 11.7. The van der Waals surface area contributed by atoms with Gasteiger partial charge in [0.15, 0.2) is 0 Å². The van der Waals surface area contributed by atoms with Gasteiger partial charge in [-0.15, -0.1) is 0 Å². The summed E-state index contributed by atoms with van der Waals surface area (Å²) in [5.74, 6) is 3.81. The number of hydrogen-bond acceptors (Lipinski definition) is 1. The van der Waals surface area contributed by atoms with Crippen molar-refractivity contribution in [1.29, 1.82) is 0 Å². The van der Waals surface area contributed by atoms with Gasteiger partial charge in [0.25, 0.3) is 0 Å². The fourth-order valence-corrected chi connectivity index (χ4v) is 5.46. The molecule has 0 saturated heterocycles. The maximum atomic E-state index is 6.72. The van der Waals surface area contributed by atoms with Gasteiger partial charge in [-0.25, -0.2) is 0 Å². The number of ether oxygens (including phenoxy) is 1. The quantitative estimate of drug-likeness (QED) is 0.322. The Balaban J connectivity index is 1.74. The standard InChI is InChI=1S/C30H52O/c1-21(2)13-10-14-22(3)15-11-16-23(4)17-12-19-30(9)20-18-28-26(7)24(5)25(6)27(8)29(28)31-30/h21-23H,10-20H2,1-9H3/t22-,23-,30-/m0/s1. The van der Waals surface area contributed by atoms with Gasteiger partial charge in [0.05, 0.1) is 0 Å². The lowest BCUT2D eigenvalue weighted by molar-refractivity contribution is 0.0513. The normalized spacial score (nSPS) is 20.5. The molecule has 0 unspecified atom stereocenters. The molecule has 1 heteroatoms. The fraction of sp³-hybridized carbons (Fsp3) is 0.800. The summed E-state index contributed by atoms with van der Waals surface area (Å²) in [4.78, 5) is 0. The van der Waals surface area contributed by atoms with Crippen molar-refractivity contribution in [1.82, 2.24) is 0 Å². The van der Waals surface area contributed by atoms with Crippen LogP contribution >= 0.6 is 0 Å². The minimum Gasteiger partial charge on any atom is -0.487 e. The molecule has 0 amide bonds. The Hall–Kier alpha value is -0.980. The van der Waals surface area contributed by atoms with Crippen molar-refractivity contribution in [2.45, 2.75) is 139 Å². The molecule has 0 radical (unpaired) electrons. The summed E-state index contributed by atoms with van der Waals surface area (Å²) < 4.78 is 6.72. The third kappa shape index (κ3) is 7.54. The van der Waals surface area contributed by atoms with Gasteiger partial charge in [0.1, 0.15) is 11.4 Å². The van der Waals surface area contributed by atoms with E-state index in [1.807, 2.05) is 0 Å². The van der Waals surface area contributed by atoms with Crippen LogP contribution in [0, 0.1) is 45.4 Å². The largest absolute Gasteiger partial charge is 0.487 e. The third-order valence-electron chi connectivity index (χ3n) is 8.28. The molecule has 0 fully saturated rings. The zero-order valence-corrected chi connectivity index (χ0v) is 22.4. The van der Waals surface area contributed by atoms with E-state index in [9.17, 15) is 0 Å². The first kappa shape index (κ1) is 26.3. The lowest BCUT2D eigenvalue weighted by atomic mass is 9.83. The van der Waals surface area contributed by atoms with Gasteiger partial charge in [0.2, 0.25) is 0 Å². The maximum absolute atomic E-state index is 6.72. The van der Waals surface area contributed by atoms with E-state index < -0.39 is 0 Å². The molecule has 1 aromatic carbocycles. The Morgan fingerprint density at radius 2 is 1.23 bits per heavy atom. The average Bonchev–Trinajstić information content (AvgIpc) is 2.70. The minimum absolute atomic E-state index is 0.0105. The first-order chi connectivity index (χ1) is 14.5. The van der Waals surface area contributed by atoms with E-state index in [1.165, 1.54) is 97.8 Å². The van der Waals surface area contributed by atoms with Crippen molar-refractivity contribution in [3.63, 3.8) is 0 Å². The van der Waals surface area contributed by atoms with E-state index in [0.717, 1.165) is 24.2 Å². The Kier molecular flexibility index (Phi) is 9.97. The smallest absolute Gasteiger partial charge is 0.126 e. The van der Waals surface area contributed by atoms with E-state index in [-0.39, 0.29) is 5.60 Å². The number of hydrogen-bond donors (Lipinski definition) is 0. The molecule has 0 saturated carbocycles. The molecule has 1 heterocycles. The highest BCUT2D eigenvalue weighted by molar-refractivity contribution is 5.55. The monoisotopic (exact) mass is 428 g/mol. The van der Waals surface area contributed by atoms with Crippen LogP contribution < -0.4 is 4.74 Å². The molecule has 1 nitrogen and oxygen atoms in total. The van der Waals surface area contributed by atoms with E-state index >= 15 is 0 Å². The van der Waals surface area contributed by atoms with E-state index in [4.69, 9.17) is 4.74 Å². The molecule has 0 N–H and O–H groups in total. The van der Waals surface area contributed by atoms with Gasteiger partial charge >= 0.3 is 0 Å². The van der Waals surface area contributed by atoms with E-state index in [2.05, 4.69) is 62.3 Å². The maximum Gasteiger partial charge on any atom is 0.126 e. The van der Waals surface area contributed by atoms with Gasteiger partial charge in [0, 0.05) is 0 Å². The summed E-state index contributed by atoms with van der Waals surface area (Å²) >= 11 is 0. The zero-order valence-electron chi connectivity index (χ0n) is 22.4. The lowest BCUT2D eigenvalue weighted by Gasteiger charge is -2.38. The highest BCUT2D eigenvalue weighted by atomic mass is 16.5. The molecule has 1 aliphatic heterocycles. The van der Waals surface area contributed by atoms with Gasteiger partial charge in [-0.1, -0.05) is 72.6 Å². The van der Waals surface area contributed by atoms with Crippen molar-refractivity contribution in [3.05, 3.63) is 27.8 Å². The molecule has 0 aromatic heterocycles. The molecule has 178 valence electrons. The van der Waals surface area contributed by atoms with E-state index in [1.54, 1.807) is 0 Å². The molecule has 0 spiro atoms. The molecule has 0 aliphatic carbocycles. The van der Waals surface area contributed by atoms with Crippen molar-refractivity contribution in [2.75, 3.05) is 0 Å². The Morgan fingerprint density at radius 3 is 1.81 bits per heavy atom. The van der Waals surface area contributed by atoms with Crippen molar-refractivity contribution in [3.8, 4) is 5.75 Å². The van der Waals surface area contributed by atoms with Crippen molar-refractivity contribution >= 4 is 0 Å². The van der Waals surface area contributed by atoms with Gasteiger partial charge in [-0.05, 0) is 106 Å². The van der Waals surface area contributed by atoms with Crippen LogP contribution in [0.4, 0.5) is 0 Å². The van der Waals surface area contributed by atoms with Crippen LogP contribution in [0.5, 0.6) is 5.75 Å². The number of rotatable bonds is 12. The second-order valence-corrected chi connectivity index (χ2v) is 11.7. The highest BCUT2D eigenvalue weighted by Crippen LogP contribution is 2.42. The topological polar surface area (TPSA) is 9.23 Å². The number of benzene rings is 1. The third-order valence-corrected chi connectivity index (χ3v) is 8.28. The highest BCUT2D eigenvalue weighted by Gasteiger charge is 2.33. The van der Waals surface area contributed by atoms with Gasteiger partial charge < -0.3 is 4.74 Å². The molecule has 1 aliphatic rings. The summed E-state index contributed by atoms with van der Waals surface area (Å²) in [5, 5.41) is 0. The average molecular weight is 429 g/mol. The summed E-state index contributed by atoms with van der Waals surface area (Å²) in [6.07, 6.45) is 14.6. The predicted molar refractivity (Wildman–Crippen MR) is 137 cm³/mol. The van der Waals surface area contributed by atoms with E-state index in [0.29, 0.717) is 0 Å². The van der Waals surface area contributed by atoms with Crippen LogP contribution in [0.25, 0.3) is 0 Å². The van der Waals surface area contributed by atoms with Gasteiger partial charge in [-0.3, -0.25) is 0 Å².